The van der Waals surface area contributed by atoms with Gasteiger partial charge in [0.05, 0.1) is 0 Å². The summed E-state index contributed by atoms with van der Waals surface area (Å²) in [5.41, 5.74) is 0. The number of amides is 2. The Balaban J connectivity index is 1.83. The zero-order valence-corrected chi connectivity index (χ0v) is 9.87. The quantitative estimate of drug-likeness (QED) is 0.713. The molecule has 0 saturated heterocycles. The molecule has 16 heavy (non-hydrogen) atoms. The largest absolute Gasteiger partial charge is 0.345 e. The molecule has 4 nitrogen and oxygen atoms in total. The van der Waals surface area contributed by atoms with E-state index in [9.17, 15) is 9.59 Å². The summed E-state index contributed by atoms with van der Waals surface area (Å²) >= 11 is 0. The lowest BCUT2D eigenvalue weighted by Crippen LogP contribution is -2.46. The summed E-state index contributed by atoms with van der Waals surface area (Å²) in [4.78, 5) is 25.0. The van der Waals surface area contributed by atoms with Crippen molar-refractivity contribution in [2.75, 3.05) is 7.05 Å². The van der Waals surface area contributed by atoms with Gasteiger partial charge in [0.15, 0.2) is 0 Å². The molecular formula is C12H20N2O2. The highest BCUT2D eigenvalue weighted by Gasteiger charge is 2.30. The van der Waals surface area contributed by atoms with Crippen LogP contribution in [0, 0.1) is 0 Å². The van der Waals surface area contributed by atoms with E-state index in [4.69, 9.17) is 0 Å². The molecule has 2 aliphatic carbocycles. The van der Waals surface area contributed by atoms with Crippen molar-refractivity contribution >= 4 is 11.8 Å². The first-order valence-corrected chi connectivity index (χ1v) is 6.26. The molecule has 0 aromatic heterocycles. The number of carbonyl (C=O) groups is 2. The van der Waals surface area contributed by atoms with Crippen LogP contribution in [0.1, 0.15) is 44.9 Å². The standard InChI is InChI=1S/C12H20N2O2/c1-14(10-5-3-2-4-6-10)12(16)11(15)13-9-7-8-9/h9-10H,2-8H2,1H3,(H,13,15). The fourth-order valence-corrected chi connectivity index (χ4v) is 2.27. The third-order valence-electron chi connectivity index (χ3n) is 3.55. The monoisotopic (exact) mass is 224 g/mol. The van der Waals surface area contributed by atoms with Crippen LogP contribution in [0.3, 0.4) is 0 Å². The van der Waals surface area contributed by atoms with Crippen LogP contribution in [0.15, 0.2) is 0 Å². The Kier molecular flexibility index (Phi) is 3.46. The number of hydrogen-bond donors (Lipinski definition) is 1. The molecule has 2 rings (SSSR count). The Morgan fingerprint density at radius 2 is 1.69 bits per heavy atom. The summed E-state index contributed by atoms with van der Waals surface area (Å²) in [6.45, 7) is 0. The smallest absolute Gasteiger partial charge is 0.311 e. The van der Waals surface area contributed by atoms with Gasteiger partial charge in [-0.05, 0) is 25.7 Å². The minimum atomic E-state index is -0.421. The van der Waals surface area contributed by atoms with Crippen molar-refractivity contribution in [3.05, 3.63) is 0 Å². The third kappa shape index (κ3) is 2.74. The summed E-state index contributed by atoms with van der Waals surface area (Å²) in [6, 6.07) is 0.530. The van der Waals surface area contributed by atoms with Crippen molar-refractivity contribution in [2.45, 2.75) is 57.0 Å². The van der Waals surface area contributed by atoms with Crippen molar-refractivity contribution < 1.29 is 9.59 Å². The van der Waals surface area contributed by atoms with E-state index in [0.29, 0.717) is 0 Å². The summed E-state index contributed by atoms with van der Waals surface area (Å²) < 4.78 is 0. The van der Waals surface area contributed by atoms with Crippen LogP contribution >= 0.6 is 0 Å². The van der Waals surface area contributed by atoms with Gasteiger partial charge in [-0.3, -0.25) is 9.59 Å². The lowest BCUT2D eigenvalue weighted by Gasteiger charge is -2.30. The van der Waals surface area contributed by atoms with Crippen molar-refractivity contribution in [2.24, 2.45) is 0 Å². The Bertz CT molecular complexity index is 281. The minimum absolute atomic E-state index is 0.260. The van der Waals surface area contributed by atoms with Crippen molar-refractivity contribution in [3.8, 4) is 0 Å². The number of nitrogens with one attached hydrogen (secondary N) is 1. The van der Waals surface area contributed by atoms with Gasteiger partial charge < -0.3 is 10.2 Å². The highest BCUT2D eigenvalue weighted by molar-refractivity contribution is 6.35. The lowest BCUT2D eigenvalue weighted by molar-refractivity contribution is -0.146. The zero-order valence-electron chi connectivity index (χ0n) is 9.87. The molecule has 0 unspecified atom stereocenters. The van der Waals surface area contributed by atoms with Gasteiger partial charge in [0, 0.05) is 19.1 Å². The molecule has 0 aromatic carbocycles. The highest BCUT2D eigenvalue weighted by Crippen LogP contribution is 2.22. The third-order valence-corrected chi connectivity index (χ3v) is 3.55. The van der Waals surface area contributed by atoms with Gasteiger partial charge in [0.25, 0.3) is 0 Å². The van der Waals surface area contributed by atoms with Gasteiger partial charge >= 0.3 is 11.8 Å². The molecule has 0 radical (unpaired) electrons. The molecule has 90 valence electrons. The molecule has 0 bridgehead atoms. The molecule has 2 saturated carbocycles. The maximum absolute atomic E-state index is 11.8. The Morgan fingerprint density at radius 1 is 1.06 bits per heavy atom. The molecular weight excluding hydrogens is 204 g/mol. The average molecular weight is 224 g/mol. The molecule has 0 atom stereocenters. The highest BCUT2D eigenvalue weighted by atomic mass is 16.2. The normalized spacial score (nSPS) is 21.6. The van der Waals surface area contributed by atoms with Gasteiger partial charge in [-0.2, -0.15) is 0 Å². The van der Waals surface area contributed by atoms with Gasteiger partial charge in [-0.1, -0.05) is 19.3 Å². The van der Waals surface area contributed by atoms with Crippen LogP contribution in [0.4, 0.5) is 0 Å². The Hall–Kier alpha value is -1.06. The Labute approximate surface area is 96.4 Å². The molecule has 2 fully saturated rings. The van der Waals surface area contributed by atoms with Crippen LogP contribution in [-0.2, 0) is 9.59 Å². The van der Waals surface area contributed by atoms with Gasteiger partial charge in [-0.15, -0.1) is 0 Å². The first kappa shape index (κ1) is 11.4. The summed E-state index contributed by atoms with van der Waals surface area (Å²) in [5.74, 6) is -0.783. The van der Waals surface area contributed by atoms with E-state index < -0.39 is 5.91 Å². The van der Waals surface area contributed by atoms with Crippen LogP contribution in [0.5, 0.6) is 0 Å². The SMILES string of the molecule is CN(C(=O)C(=O)NC1CC1)C1CCCCC1. The molecule has 0 spiro atoms. The maximum Gasteiger partial charge on any atom is 0.311 e. The van der Waals surface area contributed by atoms with E-state index >= 15 is 0 Å². The van der Waals surface area contributed by atoms with Crippen LogP contribution < -0.4 is 5.32 Å². The maximum atomic E-state index is 11.8. The lowest BCUT2D eigenvalue weighted by atomic mass is 9.94. The fourth-order valence-electron chi connectivity index (χ4n) is 2.27. The van der Waals surface area contributed by atoms with Gasteiger partial charge in [0.1, 0.15) is 0 Å². The minimum Gasteiger partial charge on any atom is -0.345 e. The van der Waals surface area contributed by atoms with Gasteiger partial charge in [0.2, 0.25) is 0 Å². The second-order valence-corrected chi connectivity index (χ2v) is 4.96. The second kappa shape index (κ2) is 4.85. The number of hydrogen-bond acceptors (Lipinski definition) is 2. The van der Waals surface area contributed by atoms with E-state index in [1.165, 1.54) is 19.3 Å². The molecule has 1 N–H and O–H groups in total. The number of rotatable bonds is 2. The average Bonchev–Trinajstić information content (AvgIpc) is 3.12. The first-order valence-electron chi connectivity index (χ1n) is 6.26. The zero-order chi connectivity index (χ0) is 11.5. The van der Waals surface area contributed by atoms with Crippen molar-refractivity contribution in [1.29, 1.82) is 0 Å². The van der Waals surface area contributed by atoms with Crippen LogP contribution in [0.2, 0.25) is 0 Å². The van der Waals surface area contributed by atoms with E-state index in [-0.39, 0.29) is 18.0 Å². The molecule has 4 heteroatoms. The van der Waals surface area contributed by atoms with E-state index in [2.05, 4.69) is 5.32 Å². The molecule has 2 amide bonds. The van der Waals surface area contributed by atoms with E-state index in [1.54, 1.807) is 11.9 Å². The fraction of sp³-hybridized carbons (Fsp3) is 0.833. The summed E-state index contributed by atoms with van der Waals surface area (Å²) in [5, 5.41) is 2.74. The van der Waals surface area contributed by atoms with Crippen molar-refractivity contribution in [1.82, 2.24) is 10.2 Å². The number of carbonyl (C=O) groups excluding carboxylic acids is 2. The van der Waals surface area contributed by atoms with E-state index in [0.717, 1.165) is 25.7 Å². The van der Waals surface area contributed by atoms with E-state index in [1.807, 2.05) is 0 Å². The summed E-state index contributed by atoms with van der Waals surface area (Å²) in [7, 11) is 1.75. The van der Waals surface area contributed by atoms with Crippen molar-refractivity contribution in [3.63, 3.8) is 0 Å². The van der Waals surface area contributed by atoms with Crippen LogP contribution in [-0.4, -0.2) is 35.8 Å². The second-order valence-electron chi connectivity index (χ2n) is 4.96. The summed E-state index contributed by atoms with van der Waals surface area (Å²) in [6.07, 6.45) is 7.72. The van der Waals surface area contributed by atoms with Gasteiger partial charge in [-0.25, -0.2) is 0 Å². The molecule has 0 aliphatic heterocycles. The predicted octanol–water partition coefficient (Wildman–Crippen LogP) is 1.06. The topological polar surface area (TPSA) is 49.4 Å². The number of likely N-dealkylation sites (N-methyl/N-ethyl adjacent to an activating group) is 1. The molecule has 0 aromatic rings. The van der Waals surface area contributed by atoms with Crippen LogP contribution in [0.25, 0.3) is 0 Å². The predicted molar refractivity (Wildman–Crippen MR) is 60.8 cm³/mol. The Morgan fingerprint density at radius 3 is 2.25 bits per heavy atom. The first-order chi connectivity index (χ1) is 7.68. The molecule has 0 heterocycles. The number of nitrogens with zero attached hydrogens (tertiary/aromatic N) is 1. The molecule has 2 aliphatic rings.